The van der Waals surface area contributed by atoms with Crippen LogP contribution in [0.15, 0.2) is 22.8 Å². The van der Waals surface area contributed by atoms with Gasteiger partial charge in [-0.3, -0.25) is 14.5 Å². The first-order valence-electron chi connectivity index (χ1n) is 10.5. The van der Waals surface area contributed by atoms with Crippen molar-refractivity contribution in [1.29, 1.82) is 0 Å². The first kappa shape index (κ1) is 21.2. The standard InChI is InChI=1S/C21H31BrN4O2/c1-3-18-6-4-5-11-26(18)21(28)15(2)25-12-9-16(10-13-25)20(27)24-19-8-7-17(22)14-23-19/h7-8,14-16,18H,3-6,9-13H2,1-2H3,(H,23,24,27). The molecule has 0 radical (unpaired) electrons. The molecule has 154 valence electrons. The van der Waals surface area contributed by atoms with E-state index in [1.165, 1.54) is 6.42 Å². The molecule has 0 aliphatic carbocycles. The van der Waals surface area contributed by atoms with Gasteiger partial charge in [-0.05, 0) is 86.6 Å². The first-order valence-corrected chi connectivity index (χ1v) is 11.3. The van der Waals surface area contributed by atoms with Crippen molar-refractivity contribution in [2.24, 2.45) is 5.92 Å². The van der Waals surface area contributed by atoms with Gasteiger partial charge in [-0.15, -0.1) is 0 Å². The Kier molecular flexibility index (Phi) is 7.46. The summed E-state index contributed by atoms with van der Waals surface area (Å²) in [5.41, 5.74) is 0. The van der Waals surface area contributed by atoms with Gasteiger partial charge < -0.3 is 10.2 Å². The Morgan fingerprint density at radius 2 is 1.96 bits per heavy atom. The highest BCUT2D eigenvalue weighted by atomic mass is 79.9. The van der Waals surface area contributed by atoms with Crippen molar-refractivity contribution in [3.63, 3.8) is 0 Å². The Morgan fingerprint density at radius 1 is 1.21 bits per heavy atom. The average molecular weight is 451 g/mol. The van der Waals surface area contributed by atoms with Crippen molar-refractivity contribution >= 4 is 33.6 Å². The lowest BCUT2D eigenvalue weighted by molar-refractivity contribution is -0.141. The summed E-state index contributed by atoms with van der Waals surface area (Å²) in [6.07, 6.45) is 7.72. The molecule has 2 aliphatic rings. The van der Waals surface area contributed by atoms with Crippen LogP contribution in [0.2, 0.25) is 0 Å². The average Bonchev–Trinajstić information content (AvgIpc) is 2.74. The maximum Gasteiger partial charge on any atom is 0.239 e. The number of nitrogens with zero attached hydrogens (tertiary/aromatic N) is 3. The molecule has 1 N–H and O–H groups in total. The van der Waals surface area contributed by atoms with E-state index in [0.717, 1.165) is 56.2 Å². The van der Waals surface area contributed by atoms with Crippen molar-refractivity contribution in [1.82, 2.24) is 14.8 Å². The van der Waals surface area contributed by atoms with Crippen molar-refractivity contribution in [2.45, 2.75) is 64.5 Å². The Bertz CT molecular complexity index is 673. The van der Waals surface area contributed by atoms with Crippen LogP contribution in [0.1, 0.15) is 52.4 Å². The monoisotopic (exact) mass is 450 g/mol. The van der Waals surface area contributed by atoms with E-state index in [9.17, 15) is 9.59 Å². The second-order valence-corrected chi connectivity index (χ2v) is 8.84. The molecule has 28 heavy (non-hydrogen) atoms. The SMILES string of the molecule is CCC1CCCCN1C(=O)C(C)N1CCC(C(=O)Nc2ccc(Br)cn2)CC1. The minimum Gasteiger partial charge on any atom is -0.338 e. The van der Waals surface area contributed by atoms with Crippen LogP contribution in [-0.4, -0.2) is 58.3 Å². The molecule has 3 heterocycles. The van der Waals surface area contributed by atoms with Crippen LogP contribution in [0.25, 0.3) is 0 Å². The van der Waals surface area contributed by atoms with Crippen LogP contribution in [0, 0.1) is 5.92 Å². The van der Waals surface area contributed by atoms with Crippen LogP contribution < -0.4 is 5.32 Å². The number of aromatic nitrogens is 1. The Balaban J connectivity index is 1.50. The van der Waals surface area contributed by atoms with Gasteiger partial charge in [-0.1, -0.05) is 6.92 Å². The number of anilines is 1. The van der Waals surface area contributed by atoms with E-state index in [0.29, 0.717) is 11.9 Å². The van der Waals surface area contributed by atoms with Crippen molar-refractivity contribution < 1.29 is 9.59 Å². The van der Waals surface area contributed by atoms with Crippen molar-refractivity contribution in [3.8, 4) is 0 Å². The summed E-state index contributed by atoms with van der Waals surface area (Å²) < 4.78 is 0.886. The number of pyridine rings is 1. The highest BCUT2D eigenvalue weighted by Gasteiger charge is 2.34. The minimum atomic E-state index is -0.107. The summed E-state index contributed by atoms with van der Waals surface area (Å²) in [5.74, 6) is 0.835. The highest BCUT2D eigenvalue weighted by Crippen LogP contribution is 2.24. The van der Waals surface area contributed by atoms with Gasteiger partial charge in [-0.2, -0.15) is 0 Å². The minimum absolute atomic E-state index is 0.0236. The van der Waals surface area contributed by atoms with E-state index in [2.05, 4.69) is 43.0 Å². The predicted molar refractivity (Wildman–Crippen MR) is 114 cm³/mol. The topological polar surface area (TPSA) is 65.5 Å². The van der Waals surface area contributed by atoms with Crippen LogP contribution in [-0.2, 0) is 9.59 Å². The van der Waals surface area contributed by atoms with E-state index in [-0.39, 0.29) is 23.8 Å². The number of hydrogen-bond donors (Lipinski definition) is 1. The summed E-state index contributed by atoms with van der Waals surface area (Å²) in [6.45, 7) is 6.65. The molecule has 2 saturated heterocycles. The number of amides is 2. The first-order chi connectivity index (χ1) is 13.5. The molecule has 0 aromatic carbocycles. The molecule has 1 aromatic heterocycles. The van der Waals surface area contributed by atoms with E-state index in [4.69, 9.17) is 0 Å². The third kappa shape index (κ3) is 5.11. The number of halogens is 1. The summed E-state index contributed by atoms with van der Waals surface area (Å²) in [5, 5.41) is 2.91. The number of rotatable bonds is 5. The molecular formula is C21H31BrN4O2. The molecule has 2 fully saturated rings. The summed E-state index contributed by atoms with van der Waals surface area (Å²) in [6, 6.07) is 3.94. The van der Waals surface area contributed by atoms with Crippen LogP contribution in [0.3, 0.4) is 0 Å². The lowest BCUT2D eigenvalue weighted by atomic mass is 9.94. The fourth-order valence-electron chi connectivity index (χ4n) is 4.34. The lowest BCUT2D eigenvalue weighted by Crippen LogP contribution is -2.54. The molecule has 2 atom stereocenters. The number of carbonyl (C=O) groups excluding carboxylic acids is 2. The lowest BCUT2D eigenvalue weighted by Gasteiger charge is -2.41. The summed E-state index contributed by atoms with van der Waals surface area (Å²) in [4.78, 5) is 34.1. The van der Waals surface area contributed by atoms with Gasteiger partial charge in [0, 0.05) is 29.2 Å². The zero-order valence-corrected chi connectivity index (χ0v) is 18.5. The molecule has 2 amide bonds. The zero-order chi connectivity index (χ0) is 20.1. The summed E-state index contributed by atoms with van der Waals surface area (Å²) >= 11 is 3.35. The van der Waals surface area contributed by atoms with E-state index >= 15 is 0 Å². The van der Waals surface area contributed by atoms with Gasteiger partial charge in [0.05, 0.1) is 6.04 Å². The molecule has 6 nitrogen and oxygen atoms in total. The van der Waals surface area contributed by atoms with E-state index in [1.54, 1.807) is 12.3 Å². The normalized spacial score (nSPS) is 22.7. The maximum absolute atomic E-state index is 13.0. The van der Waals surface area contributed by atoms with Gasteiger partial charge in [0.1, 0.15) is 5.82 Å². The molecule has 0 saturated carbocycles. The second kappa shape index (κ2) is 9.83. The molecule has 7 heteroatoms. The quantitative estimate of drug-likeness (QED) is 0.742. The van der Waals surface area contributed by atoms with Crippen molar-refractivity contribution in [3.05, 3.63) is 22.8 Å². The Hall–Kier alpha value is -1.47. The Morgan fingerprint density at radius 3 is 2.61 bits per heavy atom. The van der Waals surface area contributed by atoms with E-state index < -0.39 is 0 Å². The molecule has 0 spiro atoms. The largest absolute Gasteiger partial charge is 0.338 e. The van der Waals surface area contributed by atoms with Crippen LogP contribution in [0.4, 0.5) is 5.82 Å². The molecule has 3 rings (SSSR count). The zero-order valence-electron chi connectivity index (χ0n) is 16.9. The predicted octanol–water partition coefficient (Wildman–Crippen LogP) is 3.67. The van der Waals surface area contributed by atoms with Gasteiger partial charge >= 0.3 is 0 Å². The molecular weight excluding hydrogens is 420 g/mol. The second-order valence-electron chi connectivity index (χ2n) is 7.93. The van der Waals surface area contributed by atoms with Gasteiger partial charge in [0.25, 0.3) is 0 Å². The summed E-state index contributed by atoms with van der Waals surface area (Å²) in [7, 11) is 0. The molecule has 1 aromatic rings. The smallest absolute Gasteiger partial charge is 0.239 e. The fraction of sp³-hybridized carbons (Fsp3) is 0.667. The third-order valence-corrected chi connectivity index (χ3v) is 6.63. The molecule has 2 aliphatic heterocycles. The van der Waals surface area contributed by atoms with E-state index in [1.807, 2.05) is 13.0 Å². The number of hydrogen-bond acceptors (Lipinski definition) is 4. The third-order valence-electron chi connectivity index (χ3n) is 6.17. The molecule has 2 unspecified atom stereocenters. The number of likely N-dealkylation sites (tertiary alicyclic amines) is 2. The fourth-order valence-corrected chi connectivity index (χ4v) is 4.57. The maximum atomic E-state index is 13.0. The number of carbonyl (C=O) groups is 2. The van der Waals surface area contributed by atoms with Crippen LogP contribution in [0.5, 0.6) is 0 Å². The van der Waals surface area contributed by atoms with Gasteiger partial charge in [0.15, 0.2) is 0 Å². The van der Waals surface area contributed by atoms with Gasteiger partial charge in [-0.25, -0.2) is 4.98 Å². The van der Waals surface area contributed by atoms with Crippen molar-refractivity contribution in [2.75, 3.05) is 25.0 Å². The number of piperidine rings is 2. The molecule has 0 bridgehead atoms. The highest BCUT2D eigenvalue weighted by molar-refractivity contribution is 9.10. The van der Waals surface area contributed by atoms with Crippen LogP contribution >= 0.6 is 15.9 Å². The Labute approximate surface area is 176 Å². The number of nitrogens with one attached hydrogen (secondary N) is 1. The van der Waals surface area contributed by atoms with Gasteiger partial charge in [0.2, 0.25) is 11.8 Å².